The van der Waals surface area contributed by atoms with Crippen molar-refractivity contribution in [3.05, 3.63) is 34.2 Å². The molecule has 1 rings (SSSR count). The van der Waals surface area contributed by atoms with Gasteiger partial charge in [0.15, 0.2) is 0 Å². The van der Waals surface area contributed by atoms with Gasteiger partial charge in [-0.3, -0.25) is 4.79 Å². The van der Waals surface area contributed by atoms with Crippen molar-refractivity contribution < 1.29 is 0 Å². The predicted molar refractivity (Wildman–Crippen MR) is 63.0 cm³/mol. The van der Waals surface area contributed by atoms with Gasteiger partial charge in [-0.05, 0) is 12.5 Å². The number of hydrogen-bond donors (Lipinski definition) is 1. The van der Waals surface area contributed by atoms with Crippen molar-refractivity contribution in [3.8, 4) is 0 Å². The van der Waals surface area contributed by atoms with E-state index in [1.165, 1.54) is 0 Å². The molecule has 0 radical (unpaired) electrons. The molecule has 1 aromatic heterocycles. The van der Waals surface area contributed by atoms with Gasteiger partial charge in [0.05, 0.1) is 0 Å². The molecule has 0 atom stereocenters. The molecule has 0 bridgehead atoms. The monoisotopic (exact) mass is 208 g/mol. The highest BCUT2D eigenvalue weighted by Gasteiger charge is 2.02. The normalized spacial score (nSPS) is 10.9. The van der Waals surface area contributed by atoms with E-state index in [0.717, 1.165) is 18.5 Å². The van der Waals surface area contributed by atoms with E-state index in [1.807, 2.05) is 18.3 Å². The predicted octanol–water partition coefficient (Wildman–Crippen LogP) is 1.76. The quantitative estimate of drug-likeness (QED) is 0.800. The summed E-state index contributed by atoms with van der Waals surface area (Å²) in [6, 6.07) is 4.24. The summed E-state index contributed by atoms with van der Waals surface area (Å²) in [7, 11) is 0. The third-order valence-corrected chi connectivity index (χ3v) is 2.26. The average Bonchev–Trinajstić information content (AvgIpc) is 2.19. The maximum Gasteiger partial charge on any atom is 0.255 e. The van der Waals surface area contributed by atoms with Gasteiger partial charge in [-0.1, -0.05) is 26.8 Å². The Hall–Kier alpha value is -1.09. The summed E-state index contributed by atoms with van der Waals surface area (Å²) in [4.78, 5) is 11.9. The van der Waals surface area contributed by atoms with Crippen molar-refractivity contribution in [2.75, 3.05) is 0 Å². The Morgan fingerprint density at radius 3 is 2.80 bits per heavy atom. The summed E-state index contributed by atoms with van der Waals surface area (Å²) in [5.41, 5.74) is 0.979. The Morgan fingerprint density at radius 2 is 2.20 bits per heavy atom. The summed E-state index contributed by atoms with van der Waals surface area (Å²) in [6.07, 6.45) is 2.84. The molecule has 0 aliphatic heterocycles. The van der Waals surface area contributed by atoms with Crippen molar-refractivity contribution in [2.24, 2.45) is 0 Å². The van der Waals surface area contributed by atoms with Crippen LogP contribution < -0.4 is 10.9 Å². The van der Waals surface area contributed by atoms with Crippen LogP contribution in [0.25, 0.3) is 0 Å². The molecule has 0 spiro atoms. The van der Waals surface area contributed by atoms with E-state index in [-0.39, 0.29) is 5.56 Å². The van der Waals surface area contributed by atoms with Gasteiger partial charge < -0.3 is 9.88 Å². The van der Waals surface area contributed by atoms with Gasteiger partial charge in [0, 0.05) is 30.9 Å². The number of nitrogens with one attached hydrogen (secondary N) is 1. The summed E-state index contributed by atoms with van der Waals surface area (Å²) in [5.74, 6) is 0. The molecule has 1 N–H and O–H groups in total. The Morgan fingerprint density at radius 1 is 1.47 bits per heavy atom. The third kappa shape index (κ3) is 3.51. The molecular weight excluding hydrogens is 188 g/mol. The molecule has 3 nitrogen and oxygen atoms in total. The lowest BCUT2D eigenvalue weighted by Gasteiger charge is -2.09. The van der Waals surface area contributed by atoms with Gasteiger partial charge in [0.1, 0.15) is 0 Å². The highest BCUT2D eigenvalue weighted by molar-refractivity contribution is 5.10. The van der Waals surface area contributed by atoms with Crippen LogP contribution in [0.5, 0.6) is 0 Å². The molecule has 0 saturated heterocycles. The highest BCUT2D eigenvalue weighted by Crippen LogP contribution is 1.94. The maximum absolute atomic E-state index is 11.9. The largest absolute Gasteiger partial charge is 0.315 e. The van der Waals surface area contributed by atoms with Crippen LogP contribution in [0.4, 0.5) is 0 Å². The second-order valence-electron chi connectivity index (χ2n) is 4.07. The van der Waals surface area contributed by atoms with Crippen LogP contribution in [0.2, 0.25) is 0 Å². The van der Waals surface area contributed by atoms with Gasteiger partial charge in [-0.15, -0.1) is 0 Å². The van der Waals surface area contributed by atoms with E-state index < -0.39 is 0 Å². The zero-order valence-electron chi connectivity index (χ0n) is 9.79. The first-order valence-corrected chi connectivity index (χ1v) is 5.57. The lowest BCUT2D eigenvalue weighted by atomic mass is 10.2. The first-order valence-electron chi connectivity index (χ1n) is 5.57. The van der Waals surface area contributed by atoms with Crippen LogP contribution in [0, 0.1) is 0 Å². The number of aromatic nitrogens is 1. The second-order valence-corrected chi connectivity index (χ2v) is 4.07. The van der Waals surface area contributed by atoms with Crippen molar-refractivity contribution in [1.29, 1.82) is 0 Å². The SMILES string of the molecule is CCCn1cccc(CNC(C)C)c1=O. The fourth-order valence-corrected chi connectivity index (χ4v) is 1.45. The minimum atomic E-state index is 0.132. The number of rotatable bonds is 5. The smallest absolute Gasteiger partial charge is 0.255 e. The molecule has 0 aromatic carbocycles. The molecule has 0 saturated carbocycles. The van der Waals surface area contributed by atoms with Crippen LogP contribution >= 0.6 is 0 Å². The summed E-state index contributed by atoms with van der Waals surface area (Å²) in [6.45, 7) is 7.68. The topological polar surface area (TPSA) is 34.0 Å². The van der Waals surface area contributed by atoms with E-state index in [9.17, 15) is 4.79 Å². The summed E-state index contributed by atoms with van der Waals surface area (Å²) >= 11 is 0. The van der Waals surface area contributed by atoms with Crippen LogP contribution in [0.1, 0.15) is 32.8 Å². The fraction of sp³-hybridized carbons (Fsp3) is 0.583. The van der Waals surface area contributed by atoms with Crippen LogP contribution in [0.15, 0.2) is 23.1 Å². The van der Waals surface area contributed by atoms with E-state index >= 15 is 0 Å². The minimum Gasteiger partial charge on any atom is -0.315 e. The van der Waals surface area contributed by atoms with Crippen molar-refractivity contribution >= 4 is 0 Å². The molecule has 0 aliphatic carbocycles. The number of pyridine rings is 1. The first-order chi connectivity index (χ1) is 7.15. The Balaban J connectivity index is 2.80. The van der Waals surface area contributed by atoms with Gasteiger partial charge in [-0.2, -0.15) is 0 Å². The molecule has 1 aromatic rings. The summed E-state index contributed by atoms with van der Waals surface area (Å²) < 4.78 is 1.78. The molecule has 0 aliphatic rings. The second kappa shape index (κ2) is 5.71. The summed E-state index contributed by atoms with van der Waals surface area (Å²) in [5, 5.41) is 3.26. The molecule has 0 unspecified atom stereocenters. The van der Waals surface area contributed by atoms with Gasteiger partial charge >= 0.3 is 0 Å². The molecule has 84 valence electrons. The number of nitrogens with zero attached hydrogens (tertiary/aromatic N) is 1. The lowest BCUT2D eigenvalue weighted by Crippen LogP contribution is -2.29. The first kappa shape index (κ1) is 12.0. The zero-order chi connectivity index (χ0) is 11.3. The Kier molecular flexibility index (Phi) is 4.56. The minimum absolute atomic E-state index is 0.132. The van der Waals surface area contributed by atoms with Crippen molar-refractivity contribution in [3.63, 3.8) is 0 Å². The van der Waals surface area contributed by atoms with Crippen molar-refractivity contribution in [2.45, 2.75) is 46.3 Å². The molecule has 0 fully saturated rings. The Bertz CT molecular complexity index is 355. The molecule has 0 amide bonds. The lowest BCUT2D eigenvalue weighted by molar-refractivity contribution is 0.575. The number of aryl methyl sites for hydroxylation is 1. The van der Waals surface area contributed by atoms with E-state index in [4.69, 9.17) is 0 Å². The average molecular weight is 208 g/mol. The van der Waals surface area contributed by atoms with Crippen LogP contribution in [-0.2, 0) is 13.1 Å². The molecule has 1 heterocycles. The maximum atomic E-state index is 11.9. The van der Waals surface area contributed by atoms with Gasteiger partial charge in [0.25, 0.3) is 5.56 Å². The van der Waals surface area contributed by atoms with E-state index in [1.54, 1.807) is 4.57 Å². The third-order valence-electron chi connectivity index (χ3n) is 2.26. The zero-order valence-corrected chi connectivity index (χ0v) is 9.79. The van der Waals surface area contributed by atoms with Crippen LogP contribution in [-0.4, -0.2) is 10.6 Å². The molecular formula is C12H20N2O. The van der Waals surface area contributed by atoms with E-state index in [2.05, 4.69) is 26.1 Å². The Labute approximate surface area is 91.1 Å². The van der Waals surface area contributed by atoms with Crippen LogP contribution in [0.3, 0.4) is 0 Å². The van der Waals surface area contributed by atoms with Crippen molar-refractivity contribution in [1.82, 2.24) is 9.88 Å². The molecule has 3 heteroatoms. The number of hydrogen-bond acceptors (Lipinski definition) is 2. The van der Waals surface area contributed by atoms with Gasteiger partial charge in [0.2, 0.25) is 0 Å². The van der Waals surface area contributed by atoms with E-state index in [0.29, 0.717) is 12.6 Å². The standard InChI is InChI=1S/C12H20N2O/c1-4-7-14-8-5-6-11(12(14)15)9-13-10(2)3/h5-6,8,10,13H,4,7,9H2,1-3H3. The van der Waals surface area contributed by atoms with Gasteiger partial charge in [-0.25, -0.2) is 0 Å². The molecule has 15 heavy (non-hydrogen) atoms. The fourth-order valence-electron chi connectivity index (χ4n) is 1.45. The highest BCUT2D eigenvalue weighted by atomic mass is 16.1.